The lowest BCUT2D eigenvalue weighted by Gasteiger charge is -2.23. The summed E-state index contributed by atoms with van der Waals surface area (Å²) in [5.41, 5.74) is -0.123. The Morgan fingerprint density at radius 2 is 1.85 bits per heavy atom. The van der Waals surface area contributed by atoms with E-state index in [9.17, 15) is 35.2 Å². The minimum atomic E-state index is -4.77. The van der Waals surface area contributed by atoms with Crippen molar-refractivity contribution in [1.29, 1.82) is 0 Å². The molecule has 1 atom stereocenters. The van der Waals surface area contributed by atoms with Gasteiger partial charge in [0.25, 0.3) is 5.91 Å². The van der Waals surface area contributed by atoms with Crippen molar-refractivity contribution in [1.82, 2.24) is 4.90 Å². The first kappa shape index (κ1) is 21.2. The number of halogens is 2. The zero-order valence-corrected chi connectivity index (χ0v) is 15.8. The van der Waals surface area contributed by atoms with E-state index >= 15 is 0 Å². The lowest BCUT2D eigenvalue weighted by Crippen LogP contribution is -2.40. The topological polar surface area (TPSA) is 115 Å². The van der Waals surface area contributed by atoms with E-state index in [1.54, 1.807) is 0 Å². The van der Waals surface area contributed by atoms with Crippen molar-refractivity contribution in [3.63, 3.8) is 0 Å². The van der Waals surface area contributed by atoms with Crippen molar-refractivity contribution in [3.05, 3.63) is 29.8 Å². The second kappa shape index (κ2) is 7.89. The number of benzene rings is 1. The van der Waals surface area contributed by atoms with Gasteiger partial charge < -0.3 is 9.64 Å². The average molecular weight is 425 g/mol. The molecule has 1 aromatic carbocycles. The second-order valence-electron chi connectivity index (χ2n) is 5.97. The maximum absolute atomic E-state index is 12.5. The highest BCUT2D eigenvalue weighted by atomic mass is 32.2. The number of ether oxygens (including phenoxy) is 1. The van der Waals surface area contributed by atoms with Crippen LogP contribution < -0.4 is 0 Å². The molecule has 0 spiro atoms. The molecule has 150 valence electrons. The van der Waals surface area contributed by atoms with E-state index in [-0.39, 0.29) is 17.1 Å². The Balaban J connectivity index is 1.95. The normalized spacial score (nSPS) is 19.0. The van der Waals surface area contributed by atoms with Gasteiger partial charge in [-0.2, -0.15) is 8.78 Å². The number of carbonyl (C=O) groups is 2. The highest BCUT2D eigenvalue weighted by Gasteiger charge is 2.33. The number of rotatable bonds is 6. The number of alkyl halides is 2. The highest BCUT2D eigenvalue weighted by molar-refractivity contribution is 7.92. The zero-order chi connectivity index (χ0) is 20.4. The number of sulfone groups is 2. The van der Waals surface area contributed by atoms with Crippen LogP contribution in [0.3, 0.4) is 0 Å². The molecule has 1 aliphatic heterocycles. The first-order valence-corrected chi connectivity index (χ1v) is 11.1. The monoisotopic (exact) mass is 425 g/mol. The molecule has 1 amide bonds. The summed E-state index contributed by atoms with van der Waals surface area (Å²) in [4.78, 5) is 24.5. The van der Waals surface area contributed by atoms with Crippen LogP contribution in [0.2, 0.25) is 0 Å². The summed E-state index contributed by atoms with van der Waals surface area (Å²) < 4.78 is 75.3. The maximum atomic E-state index is 12.5. The Bertz CT molecular complexity index is 927. The Morgan fingerprint density at radius 3 is 2.33 bits per heavy atom. The molecule has 1 heterocycles. The molecule has 0 N–H and O–H groups in total. The van der Waals surface area contributed by atoms with Crippen LogP contribution >= 0.6 is 0 Å². The molecule has 1 aromatic rings. The fraction of sp³-hybridized carbons (Fsp3) is 0.467. The van der Waals surface area contributed by atoms with Gasteiger partial charge in [-0.05, 0) is 30.7 Å². The van der Waals surface area contributed by atoms with Gasteiger partial charge in [0.05, 0.1) is 22.0 Å². The van der Waals surface area contributed by atoms with E-state index < -0.39 is 54.9 Å². The number of hydrogen-bond donors (Lipinski definition) is 0. The first-order valence-electron chi connectivity index (χ1n) is 7.69. The zero-order valence-electron chi connectivity index (χ0n) is 14.2. The van der Waals surface area contributed by atoms with E-state index in [2.05, 4.69) is 0 Å². The molecule has 8 nitrogen and oxygen atoms in total. The fourth-order valence-electron chi connectivity index (χ4n) is 2.48. The summed E-state index contributed by atoms with van der Waals surface area (Å²) in [5, 5.41) is 0. The second-order valence-corrected chi connectivity index (χ2v) is 10.1. The van der Waals surface area contributed by atoms with Gasteiger partial charge in [0.2, 0.25) is 9.84 Å². The van der Waals surface area contributed by atoms with Crippen molar-refractivity contribution in [2.24, 2.45) is 0 Å². The number of hydrogen-bond acceptors (Lipinski definition) is 7. The quantitative estimate of drug-likeness (QED) is 0.609. The number of esters is 1. The van der Waals surface area contributed by atoms with Gasteiger partial charge in [-0.3, -0.25) is 4.79 Å². The number of carbonyl (C=O) groups excluding carboxylic acids is 2. The third-order valence-electron chi connectivity index (χ3n) is 4.13. The molecular formula is C15H17F2NO7S2. The fourth-order valence-corrected chi connectivity index (χ4v) is 4.98. The molecule has 0 radical (unpaired) electrons. The van der Waals surface area contributed by atoms with Gasteiger partial charge in [0.1, 0.15) is 0 Å². The summed E-state index contributed by atoms with van der Waals surface area (Å²) >= 11 is 0. The van der Waals surface area contributed by atoms with Gasteiger partial charge in [-0.15, -0.1) is 0 Å². The van der Waals surface area contributed by atoms with Crippen molar-refractivity contribution >= 4 is 31.6 Å². The van der Waals surface area contributed by atoms with E-state index in [0.29, 0.717) is 6.42 Å². The summed E-state index contributed by atoms with van der Waals surface area (Å²) in [7, 11) is -6.54. The maximum Gasteiger partial charge on any atom is 0.341 e. The lowest BCUT2D eigenvalue weighted by molar-refractivity contribution is -0.134. The number of likely N-dealkylation sites (N-methyl/N-ethyl adjacent to an activating group) is 1. The van der Waals surface area contributed by atoms with E-state index in [4.69, 9.17) is 4.74 Å². The van der Waals surface area contributed by atoms with Gasteiger partial charge in [0.15, 0.2) is 16.4 Å². The lowest BCUT2D eigenvalue weighted by atomic mass is 10.2. The summed E-state index contributed by atoms with van der Waals surface area (Å²) in [5.74, 6) is -5.28. The van der Waals surface area contributed by atoms with E-state index in [1.807, 2.05) is 0 Å². The van der Waals surface area contributed by atoms with Crippen molar-refractivity contribution in [2.75, 3.05) is 25.2 Å². The van der Waals surface area contributed by atoms with Gasteiger partial charge in [0, 0.05) is 13.1 Å². The smallest absolute Gasteiger partial charge is 0.341 e. The molecule has 0 aliphatic carbocycles. The van der Waals surface area contributed by atoms with E-state index in [1.165, 1.54) is 11.9 Å². The molecule has 27 heavy (non-hydrogen) atoms. The number of nitrogens with zero attached hydrogens (tertiary/aromatic N) is 1. The summed E-state index contributed by atoms with van der Waals surface area (Å²) in [6.07, 6.45) is 0.304. The molecule has 1 fully saturated rings. The predicted molar refractivity (Wildman–Crippen MR) is 89.7 cm³/mol. The standard InChI is InChI=1S/C15H17F2NO7S2/c1-18(11-6-7-26(21,22)9-11)13(19)8-25-14(20)10-2-4-12(5-3-10)27(23,24)15(16)17/h2-5,11,15H,6-9H2,1H3. The highest BCUT2D eigenvalue weighted by Crippen LogP contribution is 2.19. The van der Waals surface area contributed by atoms with Gasteiger partial charge >= 0.3 is 11.7 Å². The minimum absolute atomic E-state index is 0.0110. The van der Waals surface area contributed by atoms with Crippen molar-refractivity contribution in [3.8, 4) is 0 Å². The molecule has 0 saturated carbocycles. The van der Waals surface area contributed by atoms with Crippen molar-refractivity contribution < 1.29 is 39.9 Å². The Morgan fingerprint density at radius 1 is 1.26 bits per heavy atom. The van der Waals surface area contributed by atoms with Crippen LogP contribution in [0.25, 0.3) is 0 Å². The minimum Gasteiger partial charge on any atom is -0.452 e. The van der Waals surface area contributed by atoms with Crippen LogP contribution in [0.1, 0.15) is 16.8 Å². The first-order chi connectivity index (χ1) is 12.4. The molecule has 0 aromatic heterocycles. The number of amides is 1. The summed E-state index contributed by atoms with van der Waals surface area (Å²) in [6, 6.07) is 3.19. The largest absolute Gasteiger partial charge is 0.452 e. The molecule has 0 bridgehead atoms. The van der Waals surface area contributed by atoms with Crippen LogP contribution in [0, 0.1) is 0 Å². The summed E-state index contributed by atoms with van der Waals surface area (Å²) in [6.45, 7) is -0.636. The predicted octanol–water partition coefficient (Wildman–Crippen LogP) is 0.485. The van der Waals surface area contributed by atoms with Gasteiger partial charge in [-0.25, -0.2) is 21.6 Å². The molecule has 1 unspecified atom stereocenters. The third-order valence-corrected chi connectivity index (χ3v) is 7.28. The van der Waals surface area contributed by atoms with Crippen LogP contribution in [0.5, 0.6) is 0 Å². The molecule has 2 rings (SSSR count). The molecule has 12 heteroatoms. The third kappa shape index (κ3) is 5.01. The molecular weight excluding hydrogens is 408 g/mol. The molecule has 1 aliphatic rings. The Kier molecular flexibility index (Phi) is 6.20. The Labute approximate surface area is 154 Å². The van der Waals surface area contributed by atoms with Gasteiger partial charge in [-0.1, -0.05) is 0 Å². The Hall–Kier alpha value is -2.08. The van der Waals surface area contributed by atoms with Crippen LogP contribution in [-0.4, -0.2) is 70.6 Å². The van der Waals surface area contributed by atoms with Crippen molar-refractivity contribution in [2.45, 2.75) is 23.1 Å². The van der Waals surface area contributed by atoms with E-state index in [0.717, 1.165) is 24.3 Å². The SMILES string of the molecule is CN(C(=O)COC(=O)c1ccc(S(=O)(=O)C(F)F)cc1)C1CCS(=O)(=O)C1. The average Bonchev–Trinajstić information content (AvgIpc) is 2.98. The van der Waals surface area contributed by atoms with Crippen LogP contribution in [-0.2, 0) is 29.2 Å². The van der Waals surface area contributed by atoms with Crippen LogP contribution in [0.4, 0.5) is 8.78 Å². The molecule has 1 saturated heterocycles. The van der Waals surface area contributed by atoms with Crippen LogP contribution in [0.15, 0.2) is 29.2 Å².